The molecule has 0 spiro atoms. The highest BCUT2D eigenvalue weighted by atomic mass is 16.5. The molecular weight excluding hydrogens is 156 g/mol. The lowest BCUT2D eigenvalue weighted by atomic mass is 10.6. The standard InChI is InChI=1S/C7H14N4O/c1-4-12-7-9-6(5-8-2)11(3)10-7/h8H,4-5H2,1-3H3. The summed E-state index contributed by atoms with van der Waals surface area (Å²) in [6.45, 7) is 3.22. The van der Waals surface area contributed by atoms with Crippen LogP contribution in [0.25, 0.3) is 0 Å². The number of hydrogen-bond donors (Lipinski definition) is 1. The van der Waals surface area contributed by atoms with E-state index in [9.17, 15) is 0 Å². The maximum absolute atomic E-state index is 5.14. The van der Waals surface area contributed by atoms with Crippen LogP contribution in [0.2, 0.25) is 0 Å². The van der Waals surface area contributed by atoms with Crippen molar-refractivity contribution in [2.75, 3.05) is 13.7 Å². The Bertz CT molecular complexity index is 246. The Hall–Kier alpha value is -1.10. The van der Waals surface area contributed by atoms with Crippen molar-refractivity contribution in [3.63, 3.8) is 0 Å². The highest BCUT2D eigenvalue weighted by Gasteiger charge is 2.05. The summed E-state index contributed by atoms with van der Waals surface area (Å²) in [6.07, 6.45) is 0. The number of rotatable bonds is 4. The molecule has 0 radical (unpaired) electrons. The Balaban J connectivity index is 2.70. The van der Waals surface area contributed by atoms with Gasteiger partial charge in [-0.05, 0) is 14.0 Å². The molecule has 5 heteroatoms. The van der Waals surface area contributed by atoms with Crippen molar-refractivity contribution in [2.45, 2.75) is 13.5 Å². The molecule has 0 aliphatic heterocycles. The predicted octanol–water partition coefficient (Wildman–Crippen LogP) is -0.0668. The van der Waals surface area contributed by atoms with Crippen molar-refractivity contribution in [3.8, 4) is 6.01 Å². The van der Waals surface area contributed by atoms with Crippen LogP contribution in [0, 0.1) is 0 Å². The number of hydrogen-bond acceptors (Lipinski definition) is 4. The minimum atomic E-state index is 0.449. The Morgan fingerprint density at radius 2 is 2.33 bits per heavy atom. The molecule has 0 aliphatic rings. The molecule has 5 nitrogen and oxygen atoms in total. The smallest absolute Gasteiger partial charge is 0.335 e. The number of nitrogens with one attached hydrogen (secondary N) is 1. The van der Waals surface area contributed by atoms with Gasteiger partial charge in [0.2, 0.25) is 0 Å². The summed E-state index contributed by atoms with van der Waals surface area (Å²) in [6, 6.07) is 0.449. The van der Waals surface area contributed by atoms with Crippen molar-refractivity contribution in [1.82, 2.24) is 20.1 Å². The van der Waals surface area contributed by atoms with Gasteiger partial charge in [0.1, 0.15) is 5.82 Å². The maximum atomic E-state index is 5.14. The Morgan fingerprint density at radius 1 is 1.58 bits per heavy atom. The van der Waals surface area contributed by atoms with Gasteiger partial charge in [0.15, 0.2) is 0 Å². The van der Waals surface area contributed by atoms with Crippen LogP contribution in [-0.2, 0) is 13.6 Å². The van der Waals surface area contributed by atoms with Crippen molar-refractivity contribution in [2.24, 2.45) is 7.05 Å². The lowest BCUT2D eigenvalue weighted by molar-refractivity contribution is 0.311. The first-order valence-electron chi connectivity index (χ1n) is 3.95. The molecule has 0 aromatic carbocycles. The van der Waals surface area contributed by atoms with Crippen LogP contribution in [0.3, 0.4) is 0 Å². The summed E-state index contributed by atoms with van der Waals surface area (Å²) in [5.74, 6) is 0.876. The molecule has 0 unspecified atom stereocenters. The van der Waals surface area contributed by atoms with Crippen LogP contribution in [0.15, 0.2) is 0 Å². The maximum Gasteiger partial charge on any atom is 0.335 e. The van der Waals surface area contributed by atoms with Crippen LogP contribution in [0.5, 0.6) is 6.01 Å². The second-order valence-corrected chi connectivity index (χ2v) is 2.40. The van der Waals surface area contributed by atoms with Crippen molar-refractivity contribution < 1.29 is 4.74 Å². The first-order chi connectivity index (χ1) is 5.77. The van der Waals surface area contributed by atoms with Crippen LogP contribution in [-0.4, -0.2) is 28.4 Å². The molecule has 1 rings (SSSR count). The van der Waals surface area contributed by atoms with Gasteiger partial charge in [-0.15, -0.1) is 5.10 Å². The van der Waals surface area contributed by atoms with E-state index in [1.54, 1.807) is 4.68 Å². The number of ether oxygens (including phenoxy) is 1. The van der Waals surface area contributed by atoms with Gasteiger partial charge in [-0.1, -0.05) is 0 Å². The molecule has 1 aromatic heterocycles. The summed E-state index contributed by atoms with van der Waals surface area (Å²) in [4.78, 5) is 4.16. The fourth-order valence-corrected chi connectivity index (χ4v) is 0.893. The second kappa shape index (κ2) is 4.06. The van der Waals surface area contributed by atoms with Gasteiger partial charge < -0.3 is 10.1 Å². The van der Waals surface area contributed by atoms with Gasteiger partial charge in [-0.3, -0.25) is 0 Å². The largest absolute Gasteiger partial charge is 0.463 e. The van der Waals surface area contributed by atoms with Crippen LogP contribution < -0.4 is 10.1 Å². The Morgan fingerprint density at radius 3 is 2.92 bits per heavy atom. The minimum Gasteiger partial charge on any atom is -0.463 e. The van der Waals surface area contributed by atoms with Crippen LogP contribution in [0.4, 0.5) is 0 Å². The quantitative estimate of drug-likeness (QED) is 0.687. The summed E-state index contributed by atoms with van der Waals surface area (Å²) >= 11 is 0. The Kier molecular flexibility index (Phi) is 3.04. The number of aryl methyl sites for hydroxylation is 1. The zero-order valence-electron chi connectivity index (χ0n) is 7.66. The average Bonchev–Trinajstić information content (AvgIpc) is 2.34. The normalized spacial score (nSPS) is 10.2. The molecule has 0 saturated heterocycles. The zero-order chi connectivity index (χ0) is 8.97. The first-order valence-corrected chi connectivity index (χ1v) is 3.95. The molecule has 0 fully saturated rings. The summed E-state index contributed by atoms with van der Waals surface area (Å²) in [5.41, 5.74) is 0. The van der Waals surface area contributed by atoms with E-state index in [-0.39, 0.29) is 0 Å². The molecule has 1 N–H and O–H groups in total. The van der Waals surface area contributed by atoms with Gasteiger partial charge >= 0.3 is 6.01 Å². The highest BCUT2D eigenvalue weighted by molar-refractivity contribution is 4.96. The van der Waals surface area contributed by atoms with E-state index in [4.69, 9.17) is 4.74 Å². The van der Waals surface area contributed by atoms with Gasteiger partial charge in [0.05, 0.1) is 13.2 Å². The number of aromatic nitrogens is 3. The second-order valence-electron chi connectivity index (χ2n) is 2.40. The van der Waals surface area contributed by atoms with E-state index < -0.39 is 0 Å². The van der Waals surface area contributed by atoms with Crippen molar-refractivity contribution in [3.05, 3.63) is 5.82 Å². The van der Waals surface area contributed by atoms with Gasteiger partial charge in [0.25, 0.3) is 0 Å². The summed E-state index contributed by atoms with van der Waals surface area (Å²) in [5, 5.41) is 7.06. The number of nitrogens with zero attached hydrogens (tertiary/aromatic N) is 3. The molecular formula is C7H14N4O. The molecule has 0 atom stereocenters. The van der Waals surface area contributed by atoms with E-state index in [1.165, 1.54) is 0 Å². The van der Waals surface area contributed by atoms with E-state index in [2.05, 4.69) is 15.4 Å². The fourth-order valence-electron chi connectivity index (χ4n) is 0.893. The predicted molar refractivity (Wildman–Crippen MR) is 44.9 cm³/mol. The highest BCUT2D eigenvalue weighted by Crippen LogP contribution is 2.03. The third-order valence-electron chi connectivity index (χ3n) is 1.44. The third-order valence-corrected chi connectivity index (χ3v) is 1.44. The molecule has 1 heterocycles. The Labute approximate surface area is 71.7 Å². The SMILES string of the molecule is CCOc1nc(CNC)n(C)n1. The molecule has 1 aromatic rings. The fraction of sp³-hybridized carbons (Fsp3) is 0.714. The van der Waals surface area contributed by atoms with Gasteiger partial charge in [0, 0.05) is 7.05 Å². The van der Waals surface area contributed by atoms with Gasteiger partial charge in [-0.25, -0.2) is 4.68 Å². The molecule has 0 saturated carbocycles. The lowest BCUT2D eigenvalue weighted by Gasteiger charge is -1.94. The third kappa shape index (κ3) is 1.94. The van der Waals surface area contributed by atoms with E-state index in [0.717, 1.165) is 5.82 Å². The first kappa shape index (κ1) is 8.99. The van der Waals surface area contributed by atoms with Crippen molar-refractivity contribution >= 4 is 0 Å². The van der Waals surface area contributed by atoms with Crippen molar-refractivity contribution in [1.29, 1.82) is 0 Å². The van der Waals surface area contributed by atoms with E-state index in [1.807, 2.05) is 21.0 Å². The zero-order valence-corrected chi connectivity index (χ0v) is 7.66. The summed E-state index contributed by atoms with van der Waals surface area (Å²) < 4.78 is 6.85. The molecule has 0 amide bonds. The summed E-state index contributed by atoms with van der Waals surface area (Å²) in [7, 11) is 3.72. The molecule has 0 aliphatic carbocycles. The molecule has 0 bridgehead atoms. The van der Waals surface area contributed by atoms with Gasteiger partial charge in [-0.2, -0.15) is 4.98 Å². The molecule has 12 heavy (non-hydrogen) atoms. The van der Waals surface area contributed by atoms with Crippen LogP contribution >= 0.6 is 0 Å². The van der Waals surface area contributed by atoms with E-state index in [0.29, 0.717) is 19.2 Å². The average molecular weight is 170 g/mol. The monoisotopic (exact) mass is 170 g/mol. The molecule has 68 valence electrons. The lowest BCUT2D eigenvalue weighted by Crippen LogP contribution is -2.10. The van der Waals surface area contributed by atoms with Crippen LogP contribution in [0.1, 0.15) is 12.7 Å². The topological polar surface area (TPSA) is 52.0 Å². The minimum absolute atomic E-state index is 0.449. The van der Waals surface area contributed by atoms with E-state index >= 15 is 0 Å².